The van der Waals surface area contributed by atoms with Crippen molar-refractivity contribution in [2.75, 3.05) is 13.1 Å². The van der Waals surface area contributed by atoms with Crippen molar-refractivity contribution in [1.82, 2.24) is 4.90 Å². The Kier molecular flexibility index (Phi) is 3.96. The summed E-state index contributed by atoms with van der Waals surface area (Å²) in [6.07, 6.45) is 1.23. The van der Waals surface area contributed by atoms with E-state index in [0.29, 0.717) is 5.56 Å². The Balaban J connectivity index is 1.87. The summed E-state index contributed by atoms with van der Waals surface area (Å²) < 4.78 is 0. The number of rotatable bonds is 4. The average Bonchev–Trinajstić information content (AvgIpc) is 2.76. The second-order valence-corrected chi connectivity index (χ2v) is 4.80. The zero-order chi connectivity index (χ0) is 13.0. The predicted molar refractivity (Wildman–Crippen MR) is 66.8 cm³/mol. The summed E-state index contributed by atoms with van der Waals surface area (Å²) in [7, 11) is 0. The largest absolute Gasteiger partial charge is 0.481 e. The van der Waals surface area contributed by atoms with Gasteiger partial charge in [0.05, 0.1) is 11.6 Å². The molecule has 1 heterocycles. The lowest BCUT2D eigenvalue weighted by Crippen LogP contribution is -2.20. The van der Waals surface area contributed by atoms with E-state index in [1.54, 1.807) is 0 Å². The van der Waals surface area contributed by atoms with Gasteiger partial charge >= 0.3 is 5.97 Å². The predicted octanol–water partition coefficient (Wildman–Crippen LogP) is 1.85. The second-order valence-electron chi connectivity index (χ2n) is 4.80. The number of carboxylic acid groups (broad SMARTS) is 1. The summed E-state index contributed by atoms with van der Waals surface area (Å²) in [5.74, 6) is -0.430. The first-order valence-electron chi connectivity index (χ1n) is 6.10. The Morgan fingerprint density at radius 2 is 2.17 bits per heavy atom. The van der Waals surface area contributed by atoms with Crippen molar-refractivity contribution in [2.45, 2.75) is 19.4 Å². The number of nitrogens with zero attached hydrogens (tertiary/aromatic N) is 2. The van der Waals surface area contributed by atoms with Crippen LogP contribution >= 0.6 is 0 Å². The van der Waals surface area contributed by atoms with Gasteiger partial charge in [-0.3, -0.25) is 9.69 Å². The van der Waals surface area contributed by atoms with Gasteiger partial charge in [-0.15, -0.1) is 0 Å². The van der Waals surface area contributed by atoms with Crippen molar-refractivity contribution in [3.63, 3.8) is 0 Å². The number of carbonyl (C=O) groups is 1. The van der Waals surface area contributed by atoms with Crippen molar-refractivity contribution < 1.29 is 9.90 Å². The van der Waals surface area contributed by atoms with E-state index in [9.17, 15) is 4.79 Å². The molecule has 0 aromatic heterocycles. The van der Waals surface area contributed by atoms with Crippen LogP contribution in [0, 0.1) is 17.2 Å². The van der Waals surface area contributed by atoms with Gasteiger partial charge in [-0.2, -0.15) is 5.26 Å². The Morgan fingerprint density at radius 1 is 1.44 bits per heavy atom. The van der Waals surface area contributed by atoms with E-state index in [0.717, 1.165) is 26.1 Å². The number of nitriles is 1. The highest BCUT2D eigenvalue weighted by Gasteiger charge is 2.24. The van der Waals surface area contributed by atoms with Gasteiger partial charge in [-0.1, -0.05) is 12.1 Å². The molecule has 4 nitrogen and oxygen atoms in total. The number of aliphatic carboxylic acids is 1. The maximum atomic E-state index is 10.6. The zero-order valence-corrected chi connectivity index (χ0v) is 10.2. The third kappa shape index (κ3) is 3.31. The molecule has 1 N–H and O–H groups in total. The molecule has 0 amide bonds. The van der Waals surface area contributed by atoms with Crippen LogP contribution in [0.2, 0.25) is 0 Å². The molecule has 18 heavy (non-hydrogen) atoms. The van der Waals surface area contributed by atoms with Crippen LogP contribution in [-0.2, 0) is 11.3 Å². The van der Waals surface area contributed by atoms with Crippen LogP contribution in [0.1, 0.15) is 24.0 Å². The lowest BCUT2D eigenvalue weighted by atomic mass is 10.1. The van der Waals surface area contributed by atoms with E-state index >= 15 is 0 Å². The lowest BCUT2D eigenvalue weighted by molar-refractivity contribution is -0.138. The fourth-order valence-corrected chi connectivity index (χ4v) is 2.41. The monoisotopic (exact) mass is 244 g/mol. The van der Waals surface area contributed by atoms with E-state index in [1.807, 2.05) is 24.3 Å². The molecule has 1 aromatic rings. The van der Waals surface area contributed by atoms with Crippen molar-refractivity contribution in [2.24, 2.45) is 5.92 Å². The van der Waals surface area contributed by atoms with E-state index in [-0.39, 0.29) is 12.3 Å². The fraction of sp³-hybridized carbons (Fsp3) is 0.429. The average molecular weight is 244 g/mol. The van der Waals surface area contributed by atoms with Crippen LogP contribution < -0.4 is 0 Å². The molecule has 1 atom stereocenters. The number of carboxylic acids is 1. The summed E-state index contributed by atoms with van der Waals surface area (Å²) in [4.78, 5) is 12.9. The summed E-state index contributed by atoms with van der Waals surface area (Å²) >= 11 is 0. The van der Waals surface area contributed by atoms with Gasteiger partial charge in [-0.25, -0.2) is 0 Å². The number of likely N-dealkylation sites (tertiary alicyclic amines) is 1. The number of hydrogen-bond donors (Lipinski definition) is 1. The second kappa shape index (κ2) is 5.65. The highest BCUT2D eigenvalue weighted by molar-refractivity contribution is 5.67. The van der Waals surface area contributed by atoms with Crippen molar-refractivity contribution in [3.8, 4) is 6.07 Å². The van der Waals surface area contributed by atoms with Crippen molar-refractivity contribution in [3.05, 3.63) is 35.4 Å². The van der Waals surface area contributed by atoms with Gasteiger partial charge in [0.15, 0.2) is 0 Å². The molecule has 1 fully saturated rings. The molecule has 1 saturated heterocycles. The SMILES string of the molecule is N#Cc1ccc(CN2CCC(CC(=O)O)C2)cc1. The maximum Gasteiger partial charge on any atom is 0.303 e. The Bertz CT molecular complexity index is 462. The Morgan fingerprint density at radius 3 is 2.78 bits per heavy atom. The minimum absolute atomic E-state index is 0.268. The zero-order valence-electron chi connectivity index (χ0n) is 10.2. The molecule has 0 aliphatic carbocycles. The molecule has 0 bridgehead atoms. The van der Waals surface area contributed by atoms with E-state index < -0.39 is 5.97 Å². The summed E-state index contributed by atoms with van der Waals surface area (Å²) in [6, 6.07) is 9.66. The van der Waals surface area contributed by atoms with Crippen LogP contribution in [0.3, 0.4) is 0 Å². The fourth-order valence-electron chi connectivity index (χ4n) is 2.41. The molecule has 1 unspecified atom stereocenters. The Labute approximate surface area is 106 Å². The summed E-state index contributed by atoms with van der Waals surface area (Å²) in [5, 5.41) is 17.5. The molecule has 0 spiro atoms. The van der Waals surface area contributed by atoms with Gasteiger partial charge in [0.25, 0.3) is 0 Å². The first-order valence-corrected chi connectivity index (χ1v) is 6.10. The molecule has 1 aliphatic rings. The molecule has 4 heteroatoms. The molecular formula is C14H16N2O2. The summed E-state index contributed by atoms with van der Waals surface area (Å²) in [5.41, 5.74) is 1.84. The lowest BCUT2D eigenvalue weighted by Gasteiger charge is -2.15. The highest BCUT2D eigenvalue weighted by Crippen LogP contribution is 2.21. The molecule has 94 valence electrons. The number of hydrogen-bond acceptors (Lipinski definition) is 3. The maximum absolute atomic E-state index is 10.6. The molecular weight excluding hydrogens is 228 g/mol. The highest BCUT2D eigenvalue weighted by atomic mass is 16.4. The normalized spacial score (nSPS) is 19.6. The van der Waals surface area contributed by atoms with E-state index in [4.69, 9.17) is 10.4 Å². The standard InChI is InChI=1S/C14H16N2O2/c15-8-11-1-3-12(4-2-11)9-16-6-5-13(10-16)7-14(17)18/h1-4,13H,5-7,9-10H2,(H,17,18). The van der Waals surface area contributed by atoms with Crippen LogP contribution in [0.5, 0.6) is 0 Å². The van der Waals surface area contributed by atoms with Gasteiger partial charge in [0, 0.05) is 19.5 Å². The topological polar surface area (TPSA) is 64.3 Å². The number of benzene rings is 1. The minimum atomic E-state index is -0.708. The molecule has 0 saturated carbocycles. The quantitative estimate of drug-likeness (QED) is 0.878. The van der Waals surface area contributed by atoms with Gasteiger partial charge < -0.3 is 5.11 Å². The molecule has 1 aromatic carbocycles. The van der Waals surface area contributed by atoms with Gasteiger partial charge in [0.2, 0.25) is 0 Å². The molecule has 0 radical (unpaired) electrons. The van der Waals surface area contributed by atoms with E-state index in [2.05, 4.69) is 11.0 Å². The summed E-state index contributed by atoms with van der Waals surface area (Å²) in [6.45, 7) is 2.64. The van der Waals surface area contributed by atoms with Crippen molar-refractivity contribution >= 4 is 5.97 Å². The first kappa shape index (κ1) is 12.6. The molecule has 1 aliphatic heterocycles. The van der Waals surface area contributed by atoms with Crippen LogP contribution in [0.25, 0.3) is 0 Å². The van der Waals surface area contributed by atoms with Gasteiger partial charge in [0.1, 0.15) is 0 Å². The third-order valence-corrected chi connectivity index (χ3v) is 3.32. The minimum Gasteiger partial charge on any atom is -0.481 e. The smallest absolute Gasteiger partial charge is 0.303 e. The van der Waals surface area contributed by atoms with Gasteiger partial charge in [-0.05, 0) is 36.6 Å². The molecule has 2 rings (SSSR count). The third-order valence-electron chi connectivity index (χ3n) is 3.32. The van der Waals surface area contributed by atoms with Crippen LogP contribution in [0.4, 0.5) is 0 Å². The van der Waals surface area contributed by atoms with E-state index in [1.165, 1.54) is 5.56 Å². The van der Waals surface area contributed by atoms with Crippen LogP contribution in [-0.4, -0.2) is 29.1 Å². The first-order chi connectivity index (χ1) is 8.67. The van der Waals surface area contributed by atoms with Crippen LogP contribution in [0.15, 0.2) is 24.3 Å². The van der Waals surface area contributed by atoms with Crippen molar-refractivity contribution in [1.29, 1.82) is 5.26 Å². The Hall–Kier alpha value is -1.86.